The first-order chi connectivity index (χ1) is 5.43. The predicted octanol–water partition coefficient (Wildman–Crippen LogP) is 1.69. The second kappa shape index (κ2) is 4.66. The SMILES string of the molecule is CCCCNc1ncccn1. The Kier molecular flexibility index (Phi) is 3.38. The van der Waals surface area contributed by atoms with Gasteiger partial charge < -0.3 is 5.32 Å². The normalized spacial score (nSPS) is 9.55. The van der Waals surface area contributed by atoms with Gasteiger partial charge in [-0.1, -0.05) is 13.3 Å². The lowest BCUT2D eigenvalue weighted by atomic mass is 10.3. The second-order valence-electron chi connectivity index (χ2n) is 2.35. The molecule has 3 nitrogen and oxygen atoms in total. The number of nitrogens with zero attached hydrogens (tertiary/aromatic N) is 2. The third kappa shape index (κ3) is 2.98. The topological polar surface area (TPSA) is 37.8 Å². The highest BCUT2D eigenvalue weighted by Crippen LogP contribution is 1.94. The molecule has 0 fully saturated rings. The highest BCUT2D eigenvalue weighted by molar-refractivity contribution is 5.21. The van der Waals surface area contributed by atoms with Gasteiger partial charge >= 0.3 is 0 Å². The maximum atomic E-state index is 4.03. The quantitative estimate of drug-likeness (QED) is 0.665. The number of hydrogen-bond donors (Lipinski definition) is 1. The van der Waals surface area contributed by atoms with Gasteiger partial charge in [0.15, 0.2) is 0 Å². The van der Waals surface area contributed by atoms with E-state index in [2.05, 4.69) is 22.2 Å². The molecule has 1 rings (SSSR count). The van der Waals surface area contributed by atoms with Crippen molar-refractivity contribution in [3.05, 3.63) is 18.5 Å². The summed E-state index contributed by atoms with van der Waals surface area (Å²) in [6, 6.07) is 1.81. The standard InChI is InChI=1S/C8H13N3/c1-2-3-5-9-8-10-6-4-7-11-8/h4,6-7H,2-3,5H2,1H3,(H,9,10,11). The molecule has 3 heteroatoms. The van der Waals surface area contributed by atoms with Crippen molar-refractivity contribution in [2.45, 2.75) is 19.8 Å². The average Bonchev–Trinajstić information content (AvgIpc) is 2.07. The molecule has 0 saturated carbocycles. The second-order valence-corrected chi connectivity index (χ2v) is 2.35. The van der Waals surface area contributed by atoms with Crippen LogP contribution >= 0.6 is 0 Å². The number of nitrogens with one attached hydrogen (secondary N) is 1. The van der Waals surface area contributed by atoms with Gasteiger partial charge in [-0.25, -0.2) is 9.97 Å². The molecule has 0 atom stereocenters. The van der Waals surface area contributed by atoms with E-state index in [1.54, 1.807) is 12.4 Å². The van der Waals surface area contributed by atoms with Crippen molar-refractivity contribution < 1.29 is 0 Å². The number of rotatable bonds is 4. The molecule has 0 aliphatic rings. The maximum Gasteiger partial charge on any atom is 0.222 e. The van der Waals surface area contributed by atoms with Crippen molar-refractivity contribution >= 4 is 5.95 Å². The maximum absolute atomic E-state index is 4.03. The molecule has 1 aromatic rings. The number of aromatic nitrogens is 2. The van der Waals surface area contributed by atoms with Gasteiger partial charge in [0.1, 0.15) is 0 Å². The van der Waals surface area contributed by atoms with Crippen molar-refractivity contribution in [3.63, 3.8) is 0 Å². The Morgan fingerprint density at radius 2 is 2.09 bits per heavy atom. The Bertz CT molecular complexity index is 186. The van der Waals surface area contributed by atoms with Crippen LogP contribution in [0, 0.1) is 0 Å². The highest BCUT2D eigenvalue weighted by atomic mass is 15.1. The van der Waals surface area contributed by atoms with Crippen LogP contribution < -0.4 is 5.32 Å². The van der Waals surface area contributed by atoms with Gasteiger partial charge in [-0.2, -0.15) is 0 Å². The first kappa shape index (κ1) is 7.98. The van der Waals surface area contributed by atoms with E-state index < -0.39 is 0 Å². The molecule has 1 N–H and O–H groups in total. The summed E-state index contributed by atoms with van der Waals surface area (Å²) in [6.45, 7) is 3.12. The summed E-state index contributed by atoms with van der Waals surface area (Å²) in [5.74, 6) is 0.723. The van der Waals surface area contributed by atoms with Crippen LogP contribution in [0.3, 0.4) is 0 Å². The first-order valence-corrected chi connectivity index (χ1v) is 3.94. The third-order valence-corrected chi connectivity index (χ3v) is 1.38. The molecule has 0 spiro atoms. The van der Waals surface area contributed by atoms with Crippen LogP contribution in [-0.2, 0) is 0 Å². The van der Waals surface area contributed by atoms with E-state index in [0.29, 0.717) is 0 Å². The first-order valence-electron chi connectivity index (χ1n) is 3.94. The Morgan fingerprint density at radius 1 is 1.36 bits per heavy atom. The zero-order valence-corrected chi connectivity index (χ0v) is 6.75. The molecule has 0 aliphatic carbocycles. The fourth-order valence-electron chi connectivity index (χ4n) is 0.767. The van der Waals surface area contributed by atoms with Crippen molar-refractivity contribution in [2.75, 3.05) is 11.9 Å². The third-order valence-electron chi connectivity index (χ3n) is 1.38. The van der Waals surface area contributed by atoms with Crippen molar-refractivity contribution in [1.29, 1.82) is 0 Å². The Labute approximate surface area is 66.9 Å². The number of unbranched alkanes of at least 4 members (excludes halogenated alkanes) is 1. The minimum atomic E-state index is 0.723. The summed E-state index contributed by atoms with van der Waals surface area (Å²) in [7, 11) is 0. The molecule has 0 amide bonds. The molecule has 1 heterocycles. The van der Waals surface area contributed by atoms with E-state index in [1.807, 2.05) is 6.07 Å². The summed E-state index contributed by atoms with van der Waals surface area (Å²) in [5, 5.41) is 3.12. The Balaban J connectivity index is 2.28. The molecule has 60 valence electrons. The van der Waals surface area contributed by atoms with Gasteiger partial charge in [-0.15, -0.1) is 0 Å². The zero-order valence-electron chi connectivity index (χ0n) is 6.75. The summed E-state index contributed by atoms with van der Waals surface area (Å²) in [6.07, 6.45) is 5.83. The van der Waals surface area contributed by atoms with Gasteiger partial charge in [0.2, 0.25) is 5.95 Å². The molecule has 0 unspecified atom stereocenters. The Morgan fingerprint density at radius 3 is 2.73 bits per heavy atom. The predicted molar refractivity (Wildman–Crippen MR) is 45.4 cm³/mol. The fraction of sp³-hybridized carbons (Fsp3) is 0.500. The molecule has 0 aromatic carbocycles. The lowest BCUT2D eigenvalue weighted by Crippen LogP contribution is -2.03. The molecule has 1 aromatic heterocycles. The number of hydrogen-bond acceptors (Lipinski definition) is 3. The lowest BCUT2D eigenvalue weighted by molar-refractivity contribution is 0.826. The number of anilines is 1. The monoisotopic (exact) mass is 151 g/mol. The van der Waals surface area contributed by atoms with Crippen molar-refractivity contribution in [2.24, 2.45) is 0 Å². The molecule has 0 bridgehead atoms. The Hall–Kier alpha value is -1.12. The van der Waals surface area contributed by atoms with E-state index >= 15 is 0 Å². The van der Waals surface area contributed by atoms with Crippen LogP contribution in [0.25, 0.3) is 0 Å². The highest BCUT2D eigenvalue weighted by Gasteiger charge is 1.89. The van der Waals surface area contributed by atoms with Crippen molar-refractivity contribution in [1.82, 2.24) is 9.97 Å². The van der Waals surface area contributed by atoms with E-state index in [-0.39, 0.29) is 0 Å². The molecule has 0 radical (unpaired) electrons. The largest absolute Gasteiger partial charge is 0.354 e. The van der Waals surface area contributed by atoms with Crippen LogP contribution in [0.4, 0.5) is 5.95 Å². The summed E-state index contributed by atoms with van der Waals surface area (Å²) >= 11 is 0. The summed E-state index contributed by atoms with van der Waals surface area (Å²) < 4.78 is 0. The molecule has 11 heavy (non-hydrogen) atoms. The van der Waals surface area contributed by atoms with Crippen LogP contribution in [-0.4, -0.2) is 16.5 Å². The minimum absolute atomic E-state index is 0.723. The molecule has 0 saturated heterocycles. The van der Waals surface area contributed by atoms with Crippen LogP contribution in [0.5, 0.6) is 0 Å². The van der Waals surface area contributed by atoms with Gasteiger partial charge in [0.05, 0.1) is 0 Å². The van der Waals surface area contributed by atoms with E-state index in [1.165, 1.54) is 6.42 Å². The lowest BCUT2D eigenvalue weighted by Gasteiger charge is -2.00. The van der Waals surface area contributed by atoms with Gasteiger partial charge in [0, 0.05) is 18.9 Å². The van der Waals surface area contributed by atoms with Crippen LogP contribution in [0.15, 0.2) is 18.5 Å². The summed E-state index contributed by atoms with van der Waals surface area (Å²) in [4.78, 5) is 8.06. The minimum Gasteiger partial charge on any atom is -0.354 e. The van der Waals surface area contributed by atoms with E-state index in [9.17, 15) is 0 Å². The smallest absolute Gasteiger partial charge is 0.222 e. The summed E-state index contributed by atoms with van der Waals surface area (Å²) in [5.41, 5.74) is 0. The van der Waals surface area contributed by atoms with E-state index in [4.69, 9.17) is 0 Å². The molecular weight excluding hydrogens is 138 g/mol. The van der Waals surface area contributed by atoms with E-state index in [0.717, 1.165) is 18.9 Å². The van der Waals surface area contributed by atoms with Crippen LogP contribution in [0.1, 0.15) is 19.8 Å². The van der Waals surface area contributed by atoms with Gasteiger partial charge in [0.25, 0.3) is 0 Å². The van der Waals surface area contributed by atoms with Crippen molar-refractivity contribution in [3.8, 4) is 0 Å². The fourth-order valence-corrected chi connectivity index (χ4v) is 0.767. The van der Waals surface area contributed by atoms with Gasteiger partial charge in [-0.3, -0.25) is 0 Å². The van der Waals surface area contributed by atoms with Crippen LogP contribution in [0.2, 0.25) is 0 Å². The van der Waals surface area contributed by atoms with Gasteiger partial charge in [-0.05, 0) is 12.5 Å². The zero-order chi connectivity index (χ0) is 7.94. The molecule has 0 aliphatic heterocycles. The average molecular weight is 151 g/mol. The molecular formula is C8H13N3.